The second kappa shape index (κ2) is 12.2. The molecule has 3 aliphatic rings. The van der Waals surface area contributed by atoms with Crippen molar-refractivity contribution in [2.24, 2.45) is 11.8 Å². The maximum atomic E-state index is 14.7. The van der Waals surface area contributed by atoms with E-state index < -0.39 is 29.1 Å². The number of likely N-dealkylation sites (tertiary alicyclic amines) is 1. The highest BCUT2D eigenvalue weighted by Crippen LogP contribution is 2.63. The molecule has 6 rings (SSSR count). The third kappa shape index (κ3) is 5.13. The Hall–Kier alpha value is -4.35. The number of carbonyl (C=O) groups is 3. The number of hydrogen-bond acceptors (Lipinski definition) is 7. The van der Waals surface area contributed by atoms with E-state index in [4.69, 9.17) is 4.74 Å². The normalized spacial score (nSPS) is 26.7. The molecule has 5 atom stereocenters. The number of benzene rings is 2. The molecule has 1 N–H and O–H groups in total. The van der Waals surface area contributed by atoms with Crippen LogP contribution in [0.15, 0.2) is 79.9 Å². The van der Waals surface area contributed by atoms with Crippen molar-refractivity contribution in [3.8, 4) is 0 Å². The van der Waals surface area contributed by atoms with Crippen LogP contribution in [0.1, 0.15) is 31.7 Å². The van der Waals surface area contributed by atoms with Gasteiger partial charge in [0.15, 0.2) is 0 Å². The van der Waals surface area contributed by atoms with Gasteiger partial charge < -0.3 is 24.5 Å². The van der Waals surface area contributed by atoms with Crippen molar-refractivity contribution in [2.45, 2.75) is 56.6 Å². The summed E-state index contributed by atoms with van der Waals surface area (Å²) in [5.41, 5.74) is 0.337. The van der Waals surface area contributed by atoms with Gasteiger partial charge in [-0.1, -0.05) is 59.8 Å². The Labute approximate surface area is 262 Å². The molecule has 0 aliphatic carbocycles. The molecule has 3 aliphatic heterocycles. The first kappa shape index (κ1) is 30.7. The van der Waals surface area contributed by atoms with E-state index in [-0.39, 0.29) is 44.1 Å². The summed E-state index contributed by atoms with van der Waals surface area (Å²) in [4.78, 5) is 48.4. The zero-order valence-corrected chi connectivity index (χ0v) is 25.6. The smallest absolute Gasteiger partial charge is 0.250 e. The number of carbonyl (C=O) groups excluding carboxylic acids is 3. The van der Waals surface area contributed by atoms with Crippen molar-refractivity contribution >= 4 is 28.8 Å². The Kier molecular flexibility index (Phi) is 8.32. The molecule has 2 aromatic carbocycles. The first-order chi connectivity index (χ1) is 21.8. The van der Waals surface area contributed by atoms with Gasteiger partial charge in [0.1, 0.15) is 23.8 Å². The van der Waals surface area contributed by atoms with E-state index in [1.807, 2.05) is 61.5 Å². The number of nitrogens with zero attached hydrogens (tertiary/aromatic N) is 6. The Morgan fingerprint density at radius 2 is 1.76 bits per heavy atom. The number of ether oxygens (including phenoxy) is 1. The van der Waals surface area contributed by atoms with Crippen molar-refractivity contribution in [2.75, 3.05) is 26.2 Å². The quantitative estimate of drug-likeness (QED) is 0.295. The summed E-state index contributed by atoms with van der Waals surface area (Å²) in [5.74, 6) is -2.39. The van der Waals surface area contributed by atoms with Crippen molar-refractivity contribution < 1.29 is 24.2 Å². The van der Waals surface area contributed by atoms with Crippen molar-refractivity contribution in [3.05, 3.63) is 85.5 Å². The Bertz CT molecular complexity index is 1610. The molecule has 2 unspecified atom stereocenters. The molecule has 45 heavy (non-hydrogen) atoms. The van der Waals surface area contributed by atoms with E-state index >= 15 is 0 Å². The molecule has 11 nitrogen and oxygen atoms in total. The summed E-state index contributed by atoms with van der Waals surface area (Å²) in [6.07, 6.45) is 4.61. The zero-order chi connectivity index (χ0) is 31.8. The summed E-state index contributed by atoms with van der Waals surface area (Å²) in [6.45, 7) is 10.6. The average Bonchev–Trinajstić information content (AvgIpc) is 3.75. The Morgan fingerprint density at radius 1 is 1.04 bits per heavy atom. The van der Waals surface area contributed by atoms with Crippen LogP contribution in [0.2, 0.25) is 0 Å². The highest BCUT2D eigenvalue weighted by Gasteiger charge is 2.78. The predicted octanol–water partition coefficient (Wildman–Crippen LogP) is 2.77. The van der Waals surface area contributed by atoms with Crippen LogP contribution in [0.3, 0.4) is 0 Å². The Balaban J connectivity index is 1.36. The van der Waals surface area contributed by atoms with Crippen LogP contribution in [0.25, 0.3) is 11.0 Å². The van der Waals surface area contributed by atoms with Gasteiger partial charge in [0, 0.05) is 32.8 Å². The maximum Gasteiger partial charge on any atom is 0.250 e. The maximum absolute atomic E-state index is 14.7. The lowest BCUT2D eigenvalue weighted by Gasteiger charge is -2.36. The molecule has 0 saturated carbocycles. The van der Waals surface area contributed by atoms with Crippen LogP contribution in [0.4, 0.5) is 0 Å². The molecule has 0 radical (unpaired) electrons. The van der Waals surface area contributed by atoms with E-state index in [1.165, 1.54) is 0 Å². The number of aliphatic hydroxyl groups is 1. The van der Waals surface area contributed by atoms with E-state index in [0.717, 1.165) is 11.1 Å². The van der Waals surface area contributed by atoms with Crippen LogP contribution in [-0.2, 0) is 32.3 Å². The fourth-order valence-electron chi connectivity index (χ4n) is 7.68. The number of rotatable bonds is 13. The van der Waals surface area contributed by atoms with Gasteiger partial charge in [0.05, 0.1) is 23.0 Å². The van der Waals surface area contributed by atoms with E-state index in [2.05, 4.69) is 23.5 Å². The summed E-state index contributed by atoms with van der Waals surface area (Å²) in [7, 11) is 0. The highest BCUT2D eigenvalue weighted by molar-refractivity contribution is 5.99. The van der Waals surface area contributed by atoms with Gasteiger partial charge in [0.2, 0.25) is 17.7 Å². The van der Waals surface area contributed by atoms with Crippen LogP contribution < -0.4 is 0 Å². The number of amides is 3. The van der Waals surface area contributed by atoms with E-state index in [0.29, 0.717) is 37.9 Å². The SMILES string of the molecule is C=CCN(Cn1nnc2ccccc21)C(=O)C1N(CCCO)C(=O)[C@@H]2[C@H](C(=O)N(CC=C)Cc3ccccc3)[C@]3(C)CCC12O3. The van der Waals surface area contributed by atoms with Crippen molar-refractivity contribution in [1.82, 2.24) is 29.7 Å². The number of aliphatic hydroxyl groups excluding tert-OH is 1. The minimum atomic E-state index is -1.19. The summed E-state index contributed by atoms with van der Waals surface area (Å²) in [5, 5.41) is 18.2. The molecule has 2 bridgehead atoms. The van der Waals surface area contributed by atoms with Gasteiger partial charge >= 0.3 is 0 Å². The Morgan fingerprint density at radius 3 is 2.49 bits per heavy atom. The van der Waals surface area contributed by atoms with Crippen LogP contribution in [0.5, 0.6) is 0 Å². The van der Waals surface area contributed by atoms with Crippen LogP contribution >= 0.6 is 0 Å². The summed E-state index contributed by atoms with van der Waals surface area (Å²) in [6, 6.07) is 16.2. The molecule has 236 valence electrons. The van der Waals surface area contributed by atoms with Gasteiger partial charge in [0.25, 0.3) is 0 Å². The molecule has 4 heterocycles. The standard InChI is InChI=1S/C34H40N6O5/c1-4-18-37(22-24-12-7-6-8-13-24)30(42)27-28-31(43)39(20-11-21-41)29(34(28)17-16-33(27,3)45-34)32(44)38(19-5-2)23-40-26-15-10-9-14-25(26)35-36-40/h4-10,12-15,27-29,41H,1-2,11,16-23H2,3H3/t27-,28+,29?,33+,34?/m1/s1. The third-order valence-electron chi connectivity index (χ3n) is 9.60. The second-order valence-electron chi connectivity index (χ2n) is 12.4. The van der Waals surface area contributed by atoms with Crippen molar-refractivity contribution in [1.29, 1.82) is 0 Å². The number of para-hydroxylation sites is 1. The minimum absolute atomic E-state index is 0.0917. The summed E-state index contributed by atoms with van der Waals surface area (Å²) < 4.78 is 8.48. The fraction of sp³-hybridized carbons (Fsp3) is 0.441. The first-order valence-corrected chi connectivity index (χ1v) is 15.5. The number of aromatic nitrogens is 3. The topological polar surface area (TPSA) is 121 Å². The summed E-state index contributed by atoms with van der Waals surface area (Å²) >= 11 is 0. The van der Waals surface area contributed by atoms with E-state index in [1.54, 1.807) is 31.5 Å². The van der Waals surface area contributed by atoms with Gasteiger partial charge in [-0.05, 0) is 43.9 Å². The van der Waals surface area contributed by atoms with E-state index in [9.17, 15) is 19.5 Å². The second-order valence-corrected chi connectivity index (χ2v) is 12.4. The van der Waals surface area contributed by atoms with Gasteiger partial charge in [-0.25, -0.2) is 4.68 Å². The molecule has 3 fully saturated rings. The van der Waals surface area contributed by atoms with Crippen molar-refractivity contribution in [3.63, 3.8) is 0 Å². The molecule has 3 aromatic rings. The predicted molar refractivity (Wildman–Crippen MR) is 167 cm³/mol. The fourth-order valence-corrected chi connectivity index (χ4v) is 7.68. The largest absolute Gasteiger partial charge is 0.396 e. The molecule has 1 spiro atoms. The lowest BCUT2D eigenvalue weighted by atomic mass is 9.66. The molecule has 3 amide bonds. The number of fused-ring (bicyclic) bond motifs is 2. The molecule has 3 saturated heterocycles. The highest BCUT2D eigenvalue weighted by atomic mass is 16.5. The minimum Gasteiger partial charge on any atom is -0.396 e. The van der Waals surface area contributed by atoms with Gasteiger partial charge in [-0.3, -0.25) is 14.4 Å². The first-order valence-electron chi connectivity index (χ1n) is 15.5. The molecule has 11 heteroatoms. The van der Waals surface area contributed by atoms with Gasteiger partial charge in [-0.2, -0.15) is 0 Å². The third-order valence-corrected chi connectivity index (χ3v) is 9.60. The molecule has 1 aromatic heterocycles. The zero-order valence-electron chi connectivity index (χ0n) is 25.6. The van der Waals surface area contributed by atoms with Gasteiger partial charge in [-0.15, -0.1) is 18.3 Å². The number of hydrogen-bond donors (Lipinski definition) is 1. The molecular formula is C34H40N6O5. The monoisotopic (exact) mass is 612 g/mol. The van der Waals surface area contributed by atoms with Crippen LogP contribution in [0, 0.1) is 11.8 Å². The molecular weight excluding hydrogens is 572 g/mol. The van der Waals surface area contributed by atoms with Crippen LogP contribution in [-0.4, -0.2) is 96.0 Å². The average molecular weight is 613 g/mol. The lowest BCUT2D eigenvalue weighted by molar-refractivity contribution is -0.154. The lowest BCUT2D eigenvalue weighted by Crippen LogP contribution is -2.56.